The zero-order chi connectivity index (χ0) is 28.2. The third-order valence-electron chi connectivity index (χ3n) is 7.73. The van der Waals surface area contributed by atoms with Crippen LogP contribution < -0.4 is 4.90 Å². The molecule has 0 unspecified atom stereocenters. The maximum atomic E-state index is 13.1. The van der Waals surface area contributed by atoms with E-state index in [9.17, 15) is 4.79 Å². The molecule has 8 heteroatoms. The Kier molecular flexibility index (Phi) is 7.90. The van der Waals surface area contributed by atoms with Gasteiger partial charge in [-0.25, -0.2) is 9.97 Å². The standard InChI is InChI=1S/C33H34N6O2/c1-3-4-23(2)15-26-20-38(21-26)19-25-9-10-34-30(16-25)31(40)17-24-5-7-27(8-6-24)29-18-28-32(37-29)35-22-36-33(28)39-11-13-41-14-12-39/h5-10,16,18,22,26H,2,11-15,17,19-21H2,1H3,(H,35,36,37). The molecule has 4 aromatic rings. The van der Waals surface area contributed by atoms with Gasteiger partial charge in [-0.15, -0.1) is 5.92 Å². The number of aromatic amines is 1. The molecule has 0 spiro atoms. The summed E-state index contributed by atoms with van der Waals surface area (Å²) in [6, 6.07) is 14.1. The molecule has 0 amide bonds. The number of carbonyl (C=O) groups excluding carboxylic acids is 1. The van der Waals surface area contributed by atoms with Crippen molar-refractivity contribution in [3.63, 3.8) is 0 Å². The van der Waals surface area contributed by atoms with E-state index in [1.54, 1.807) is 12.5 Å². The zero-order valence-corrected chi connectivity index (χ0v) is 23.4. The number of likely N-dealkylation sites (tertiary alicyclic amines) is 1. The van der Waals surface area contributed by atoms with Gasteiger partial charge in [-0.1, -0.05) is 36.8 Å². The highest BCUT2D eigenvalue weighted by molar-refractivity contribution is 5.96. The second-order valence-corrected chi connectivity index (χ2v) is 10.8. The van der Waals surface area contributed by atoms with Crippen LogP contribution in [-0.4, -0.2) is 70.0 Å². The Bertz CT molecular complexity index is 1620. The lowest BCUT2D eigenvalue weighted by atomic mass is 9.92. The molecule has 208 valence electrons. The number of Topliss-reactive ketones (excluding diaryl/α,β-unsaturated/α-hetero) is 1. The largest absolute Gasteiger partial charge is 0.378 e. The van der Waals surface area contributed by atoms with Gasteiger partial charge in [0.2, 0.25) is 0 Å². The molecule has 41 heavy (non-hydrogen) atoms. The topological polar surface area (TPSA) is 87.2 Å². The molecule has 2 aliphatic rings. The molecule has 2 saturated heterocycles. The number of pyridine rings is 1. The maximum absolute atomic E-state index is 13.1. The Morgan fingerprint density at radius 2 is 1.88 bits per heavy atom. The molecule has 3 aromatic heterocycles. The number of nitrogens with one attached hydrogen (secondary N) is 1. The van der Waals surface area contributed by atoms with Crippen molar-refractivity contribution >= 4 is 22.6 Å². The molecule has 2 aliphatic heterocycles. The number of nitrogens with zero attached hydrogens (tertiary/aromatic N) is 5. The monoisotopic (exact) mass is 546 g/mol. The highest BCUT2D eigenvalue weighted by Crippen LogP contribution is 2.29. The van der Waals surface area contributed by atoms with Gasteiger partial charge in [-0.3, -0.25) is 14.7 Å². The highest BCUT2D eigenvalue weighted by atomic mass is 16.5. The Labute approximate surface area is 240 Å². The summed E-state index contributed by atoms with van der Waals surface area (Å²) in [4.78, 5) is 34.5. The Morgan fingerprint density at radius 1 is 1.07 bits per heavy atom. The smallest absolute Gasteiger partial charge is 0.185 e. The zero-order valence-electron chi connectivity index (χ0n) is 23.4. The lowest BCUT2D eigenvalue weighted by Gasteiger charge is -2.39. The van der Waals surface area contributed by atoms with Crippen LogP contribution in [-0.2, 0) is 17.7 Å². The fraction of sp³-hybridized carbons (Fsp3) is 0.333. The quantitative estimate of drug-likeness (QED) is 0.241. The molecule has 1 N–H and O–H groups in total. The number of hydrogen-bond donors (Lipinski definition) is 1. The predicted octanol–water partition coefficient (Wildman–Crippen LogP) is 4.68. The number of hydrogen-bond acceptors (Lipinski definition) is 7. The molecule has 0 bridgehead atoms. The predicted molar refractivity (Wildman–Crippen MR) is 161 cm³/mol. The highest BCUT2D eigenvalue weighted by Gasteiger charge is 2.27. The Hall–Kier alpha value is -4.32. The van der Waals surface area contributed by atoms with Crippen molar-refractivity contribution in [1.29, 1.82) is 0 Å². The van der Waals surface area contributed by atoms with E-state index in [1.165, 1.54) is 0 Å². The third-order valence-corrected chi connectivity index (χ3v) is 7.73. The first-order valence-corrected chi connectivity index (χ1v) is 14.1. The molecule has 5 heterocycles. The second kappa shape index (κ2) is 12.0. The lowest BCUT2D eigenvalue weighted by molar-refractivity contribution is 0.0929. The van der Waals surface area contributed by atoms with Gasteiger partial charge in [0.25, 0.3) is 0 Å². The van der Waals surface area contributed by atoms with Crippen molar-refractivity contribution in [2.24, 2.45) is 5.92 Å². The van der Waals surface area contributed by atoms with Crippen molar-refractivity contribution < 1.29 is 9.53 Å². The average Bonchev–Trinajstić information content (AvgIpc) is 3.42. The number of rotatable bonds is 9. The summed E-state index contributed by atoms with van der Waals surface area (Å²) in [5.41, 5.74) is 6.41. The van der Waals surface area contributed by atoms with Gasteiger partial charge in [-0.05, 0) is 59.7 Å². The van der Waals surface area contributed by atoms with Crippen LogP contribution in [0.4, 0.5) is 5.82 Å². The SMILES string of the molecule is C=C(C#CC)CC1CN(Cc2ccnc(C(=O)Cc3ccc(-c4cc5c(N6CCOCC6)ncnc5[nH]4)cc3)c2)C1. The van der Waals surface area contributed by atoms with E-state index in [4.69, 9.17) is 4.74 Å². The molecule has 0 atom stereocenters. The average molecular weight is 547 g/mol. The third kappa shape index (κ3) is 6.22. The minimum Gasteiger partial charge on any atom is -0.378 e. The van der Waals surface area contributed by atoms with Crippen LogP contribution in [0.1, 0.15) is 35.0 Å². The normalized spacial score (nSPS) is 15.8. The molecule has 1 aromatic carbocycles. The number of aromatic nitrogens is 4. The van der Waals surface area contributed by atoms with Crippen molar-refractivity contribution in [2.75, 3.05) is 44.3 Å². The summed E-state index contributed by atoms with van der Waals surface area (Å²) in [5.74, 6) is 7.54. The molecule has 0 radical (unpaired) electrons. The van der Waals surface area contributed by atoms with Crippen LogP contribution in [0.15, 0.2) is 67.1 Å². The van der Waals surface area contributed by atoms with Crippen molar-refractivity contribution in [3.05, 3.63) is 84.0 Å². The first kappa shape index (κ1) is 26.9. The first-order valence-electron chi connectivity index (χ1n) is 14.1. The van der Waals surface area contributed by atoms with E-state index >= 15 is 0 Å². The van der Waals surface area contributed by atoms with E-state index in [2.05, 4.69) is 54.2 Å². The number of morpholine rings is 1. The van der Waals surface area contributed by atoms with Crippen molar-refractivity contribution in [1.82, 2.24) is 24.8 Å². The van der Waals surface area contributed by atoms with Crippen LogP contribution in [0.3, 0.4) is 0 Å². The molecule has 0 saturated carbocycles. The van der Waals surface area contributed by atoms with E-state index < -0.39 is 0 Å². The summed E-state index contributed by atoms with van der Waals surface area (Å²) in [7, 11) is 0. The number of H-pyrrole nitrogens is 1. The number of ketones is 1. The van der Waals surface area contributed by atoms with Gasteiger partial charge >= 0.3 is 0 Å². The van der Waals surface area contributed by atoms with Crippen LogP contribution in [0.2, 0.25) is 0 Å². The Balaban J connectivity index is 1.08. The van der Waals surface area contributed by atoms with E-state index in [0.29, 0.717) is 31.2 Å². The van der Waals surface area contributed by atoms with Gasteiger partial charge in [0, 0.05) is 51.0 Å². The molecule has 0 aliphatic carbocycles. The van der Waals surface area contributed by atoms with Crippen LogP contribution in [0.25, 0.3) is 22.3 Å². The molecular formula is C33H34N6O2. The summed E-state index contributed by atoms with van der Waals surface area (Å²) in [5, 5.41) is 1.000. The number of ether oxygens (including phenoxy) is 1. The number of allylic oxidation sites excluding steroid dienone is 1. The van der Waals surface area contributed by atoms with E-state index in [0.717, 1.165) is 84.0 Å². The Morgan fingerprint density at radius 3 is 2.66 bits per heavy atom. The van der Waals surface area contributed by atoms with E-state index in [-0.39, 0.29) is 5.78 Å². The molecule has 8 nitrogen and oxygen atoms in total. The summed E-state index contributed by atoms with van der Waals surface area (Å²) in [6.45, 7) is 11.8. The second-order valence-electron chi connectivity index (χ2n) is 10.8. The van der Waals surface area contributed by atoms with E-state index in [1.807, 2.05) is 43.3 Å². The summed E-state index contributed by atoms with van der Waals surface area (Å²) < 4.78 is 5.49. The van der Waals surface area contributed by atoms with Gasteiger partial charge < -0.3 is 14.6 Å². The van der Waals surface area contributed by atoms with Gasteiger partial charge in [0.05, 0.1) is 18.6 Å². The lowest BCUT2D eigenvalue weighted by Crippen LogP contribution is -2.45. The number of fused-ring (bicyclic) bond motifs is 1. The van der Waals surface area contributed by atoms with Gasteiger partial charge in [0.1, 0.15) is 23.5 Å². The molecule has 2 fully saturated rings. The van der Waals surface area contributed by atoms with Crippen molar-refractivity contribution in [3.8, 4) is 23.1 Å². The van der Waals surface area contributed by atoms with Crippen LogP contribution in [0.5, 0.6) is 0 Å². The van der Waals surface area contributed by atoms with Crippen LogP contribution in [0, 0.1) is 17.8 Å². The summed E-state index contributed by atoms with van der Waals surface area (Å²) >= 11 is 0. The number of carbonyl (C=O) groups is 1. The molecular weight excluding hydrogens is 512 g/mol. The van der Waals surface area contributed by atoms with Gasteiger partial charge in [-0.2, -0.15) is 0 Å². The molecule has 6 rings (SSSR count). The minimum absolute atomic E-state index is 0.0200. The van der Waals surface area contributed by atoms with Crippen LogP contribution >= 0.6 is 0 Å². The number of benzene rings is 1. The minimum atomic E-state index is 0.0200. The fourth-order valence-corrected chi connectivity index (χ4v) is 5.68. The van der Waals surface area contributed by atoms with Crippen molar-refractivity contribution in [2.45, 2.75) is 26.3 Å². The maximum Gasteiger partial charge on any atom is 0.185 e. The summed E-state index contributed by atoms with van der Waals surface area (Å²) in [6.07, 6.45) is 4.61. The van der Waals surface area contributed by atoms with Gasteiger partial charge in [0.15, 0.2) is 5.78 Å². The fourth-order valence-electron chi connectivity index (χ4n) is 5.68. The first-order chi connectivity index (χ1) is 20.1. The number of anilines is 1.